The number of anilines is 1. The van der Waals surface area contributed by atoms with Crippen molar-refractivity contribution in [2.24, 2.45) is 7.05 Å². The van der Waals surface area contributed by atoms with Crippen molar-refractivity contribution in [1.29, 1.82) is 0 Å². The summed E-state index contributed by atoms with van der Waals surface area (Å²) < 4.78 is 105. The fourth-order valence-corrected chi connectivity index (χ4v) is 3.80. The van der Waals surface area contributed by atoms with E-state index in [0.29, 0.717) is 13.1 Å². The Balaban J connectivity index is 2.37. The first-order valence-electron chi connectivity index (χ1n) is 8.15. The average molecular weight is 458 g/mol. The zero-order valence-corrected chi connectivity index (χ0v) is 16.5. The fourth-order valence-electron chi connectivity index (χ4n) is 2.45. The molecule has 1 atom stereocenters. The van der Waals surface area contributed by atoms with Crippen molar-refractivity contribution in [1.82, 2.24) is 14.3 Å². The van der Waals surface area contributed by atoms with Gasteiger partial charge in [-0.15, -0.1) is 0 Å². The van der Waals surface area contributed by atoms with Crippen molar-refractivity contribution in [2.75, 3.05) is 5.32 Å². The van der Waals surface area contributed by atoms with Crippen molar-refractivity contribution in [3.63, 3.8) is 0 Å². The number of hydrogen-bond donors (Lipinski definition) is 2. The minimum Gasteiger partial charge on any atom is -0.343 e. The molecule has 0 aliphatic rings. The van der Waals surface area contributed by atoms with Gasteiger partial charge in [0.15, 0.2) is 5.82 Å². The van der Waals surface area contributed by atoms with Crippen LogP contribution in [0.15, 0.2) is 23.2 Å². The summed E-state index contributed by atoms with van der Waals surface area (Å²) in [7, 11) is -3.87. The zero-order valence-electron chi connectivity index (χ0n) is 15.7. The average Bonchev–Trinajstić information content (AvgIpc) is 2.88. The second kappa shape index (κ2) is 8.26. The van der Waals surface area contributed by atoms with Crippen LogP contribution in [0, 0.1) is 12.7 Å². The van der Waals surface area contributed by atoms with Crippen molar-refractivity contribution in [3.8, 4) is 0 Å². The molecule has 0 bridgehead atoms. The van der Waals surface area contributed by atoms with Gasteiger partial charge in [0.1, 0.15) is 22.3 Å². The molecule has 0 radical (unpaired) electrons. The van der Waals surface area contributed by atoms with Gasteiger partial charge in [-0.05, 0) is 26.0 Å². The minimum absolute atomic E-state index is 0.129. The first-order chi connectivity index (χ1) is 13.6. The number of carbonyl (C=O) groups excluding carboxylic acids is 1. The standard InChI is InChI=1S/C16H16F6N4O3S/c1-7-4-9(5-10(23-7)14(18)19)24-15(27)13-12(17)11(6-26(13)3)30(28,29)25-8(2)16(20,21)22/h4-6,8,14,25H,1-3H3,(H,23,24,27). The Morgan fingerprint density at radius 1 is 1.23 bits per heavy atom. The van der Waals surface area contributed by atoms with Gasteiger partial charge >= 0.3 is 6.18 Å². The maximum absolute atomic E-state index is 14.7. The largest absolute Gasteiger partial charge is 0.404 e. The molecule has 0 saturated carbocycles. The van der Waals surface area contributed by atoms with E-state index in [1.165, 1.54) is 17.7 Å². The third-order valence-electron chi connectivity index (χ3n) is 3.87. The van der Waals surface area contributed by atoms with E-state index in [2.05, 4.69) is 10.3 Å². The molecular formula is C16H16F6N4O3S. The van der Waals surface area contributed by atoms with E-state index in [-0.39, 0.29) is 11.4 Å². The van der Waals surface area contributed by atoms with Crippen LogP contribution in [0.3, 0.4) is 0 Å². The molecule has 166 valence electrons. The summed E-state index contributed by atoms with van der Waals surface area (Å²) in [5.41, 5.74) is -1.50. The van der Waals surface area contributed by atoms with E-state index >= 15 is 0 Å². The van der Waals surface area contributed by atoms with Crippen LogP contribution in [0.4, 0.5) is 32.0 Å². The molecule has 2 heterocycles. The maximum Gasteiger partial charge on any atom is 0.404 e. The monoisotopic (exact) mass is 458 g/mol. The molecule has 0 aliphatic carbocycles. The number of aryl methyl sites for hydroxylation is 2. The third kappa shape index (κ3) is 5.11. The van der Waals surface area contributed by atoms with E-state index in [9.17, 15) is 39.6 Å². The van der Waals surface area contributed by atoms with Gasteiger partial charge in [-0.25, -0.2) is 21.6 Å². The summed E-state index contributed by atoms with van der Waals surface area (Å²) in [6.45, 7) is 1.90. The Morgan fingerprint density at radius 2 is 1.83 bits per heavy atom. The smallest absolute Gasteiger partial charge is 0.343 e. The van der Waals surface area contributed by atoms with Crippen LogP contribution in [0.2, 0.25) is 0 Å². The molecule has 0 aromatic carbocycles. The quantitative estimate of drug-likeness (QED) is 0.650. The van der Waals surface area contributed by atoms with E-state index in [1.807, 2.05) is 0 Å². The van der Waals surface area contributed by atoms with Crippen LogP contribution in [-0.2, 0) is 17.1 Å². The van der Waals surface area contributed by atoms with Crippen LogP contribution in [-0.4, -0.2) is 36.1 Å². The lowest BCUT2D eigenvalue weighted by atomic mass is 10.2. The summed E-state index contributed by atoms with van der Waals surface area (Å²) in [5.74, 6) is -2.80. The minimum atomic E-state index is -4.96. The fraction of sp³-hybridized carbons (Fsp3) is 0.375. The number of amides is 1. The van der Waals surface area contributed by atoms with Gasteiger partial charge in [-0.1, -0.05) is 0 Å². The molecule has 1 amide bonds. The van der Waals surface area contributed by atoms with Gasteiger partial charge in [0.2, 0.25) is 10.0 Å². The summed E-state index contributed by atoms with van der Waals surface area (Å²) in [5, 5.41) is 2.14. The topological polar surface area (TPSA) is 93.1 Å². The second-order valence-electron chi connectivity index (χ2n) is 6.33. The summed E-state index contributed by atoms with van der Waals surface area (Å²) in [6.07, 6.45) is -7.23. The normalized spacial score (nSPS) is 13.5. The van der Waals surface area contributed by atoms with E-state index < -0.39 is 56.7 Å². The number of alkyl halides is 5. The van der Waals surface area contributed by atoms with Crippen molar-refractivity contribution >= 4 is 21.6 Å². The number of nitrogens with zero attached hydrogens (tertiary/aromatic N) is 2. The number of sulfonamides is 1. The molecule has 1 unspecified atom stereocenters. The van der Waals surface area contributed by atoms with Crippen LogP contribution in [0.25, 0.3) is 0 Å². The van der Waals surface area contributed by atoms with Crippen molar-refractivity contribution < 1.29 is 39.6 Å². The van der Waals surface area contributed by atoms with Gasteiger partial charge < -0.3 is 9.88 Å². The van der Waals surface area contributed by atoms with Crippen molar-refractivity contribution in [3.05, 3.63) is 41.2 Å². The number of aromatic nitrogens is 2. The number of rotatable bonds is 6. The molecule has 0 saturated heterocycles. The molecule has 14 heteroatoms. The number of hydrogen-bond acceptors (Lipinski definition) is 4. The lowest BCUT2D eigenvalue weighted by Gasteiger charge is -2.16. The number of halogens is 6. The predicted molar refractivity (Wildman–Crippen MR) is 93.1 cm³/mol. The Labute approximate surface area is 167 Å². The molecular weight excluding hydrogens is 442 g/mol. The van der Waals surface area contributed by atoms with Gasteiger partial charge in [-0.3, -0.25) is 9.78 Å². The first kappa shape index (κ1) is 23.7. The number of nitrogens with one attached hydrogen (secondary N) is 2. The highest BCUT2D eigenvalue weighted by atomic mass is 32.2. The Morgan fingerprint density at radius 3 is 2.37 bits per heavy atom. The molecule has 0 aliphatic heterocycles. The lowest BCUT2D eigenvalue weighted by Crippen LogP contribution is -2.43. The predicted octanol–water partition coefficient (Wildman–Crippen LogP) is 3.29. The zero-order chi connectivity index (χ0) is 23.0. The molecule has 2 N–H and O–H groups in total. The molecule has 0 fully saturated rings. The van der Waals surface area contributed by atoms with Crippen molar-refractivity contribution in [2.45, 2.75) is 37.4 Å². The third-order valence-corrected chi connectivity index (χ3v) is 5.40. The number of carbonyl (C=O) groups is 1. The van der Waals surface area contributed by atoms with Crippen LogP contribution in [0.5, 0.6) is 0 Å². The Bertz CT molecular complexity index is 1070. The molecule has 2 aromatic heterocycles. The summed E-state index contributed by atoms with van der Waals surface area (Å²) >= 11 is 0. The maximum atomic E-state index is 14.7. The van der Waals surface area contributed by atoms with Gasteiger partial charge in [0.05, 0.1) is 0 Å². The summed E-state index contributed by atoms with van der Waals surface area (Å²) in [6, 6.07) is -0.443. The van der Waals surface area contributed by atoms with Crippen LogP contribution < -0.4 is 10.0 Å². The van der Waals surface area contributed by atoms with Crippen LogP contribution in [0.1, 0.15) is 35.2 Å². The highest BCUT2D eigenvalue weighted by Gasteiger charge is 2.40. The molecule has 30 heavy (non-hydrogen) atoms. The first-order valence-corrected chi connectivity index (χ1v) is 9.63. The number of pyridine rings is 1. The van der Waals surface area contributed by atoms with E-state index in [1.54, 1.807) is 0 Å². The second-order valence-corrected chi connectivity index (χ2v) is 8.01. The van der Waals surface area contributed by atoms with Gasteiger partial charge in [0, 0.05) is 24.6 Å². The van der Waals surface area contributed by atoms with E-state index in [0.717, 1.165) is 17.7 Å². The van der Waals surface area contributed by atoms with Gasteiger partial charge in [0.25, 0.3) is 12.3 Å². The molecule has 7 nitrogen and oxygen atoms in total. The molecule has 2 aromatic rings. The molecule has 0 spiro atoms. The SMILES string of the molecule is Cc1cc(NC(=O)c2c(F)c(S(=O)(=O)NC(C)C(F)(F)F)cn2C)cc(C(F)F)n1. The van der Waals surface area contributed by atoms with E-state index in [4.69, 9.17) is 0 Å². The lowest BCUT2D eigenvalue weighted by molar-refractivity contribution is -0.147. The van der Waals surface area contributed by atoms with Gasteiger partial charge in [-0.2, -0.15) is 17.9 Å². The highest BCUT2D eigenvalue weighted by Crippen LogP contribution is 2.26. The highest BCUT2D eigenvalue weighted by molar-refractivity contribution is 7.89. The Hall–Kier alpha value is -2.61. The Kier molecular flexibility index (Phi) is 6.51. The molecule has 2 rings (SSSR count). The summed E-state index contributed by atoms with van der Waals surface area (Å²) in [4.78, 5) is 14.8. The van der Waals surface area contributed by atoms with Crippen LogP contribution >= 0.6 is 0 Å².